The Bertz CT molecular complexity index is 452. The van der Waals surface area contributed by atoms with Gasteiger partial charge in [0.25, 0.3) is 0 Å². The molecule has 1 aromatic rings. The smallest absolute Gasteiger partial charge is 0.227 e. The first-order chi connectivity index (χ1) is 8.53. The zero-order chi connectivity index (χ0) is 13.2. The van der Waals surface area contributed by atoms with Gasteiger partial charge in [0.05, 0.1) is 5.41 Å². The summed E-state index contributed by atoms with van der Waals surface area (Å²) in [4.78, 5) is 18.1. The number of halogens is 1. The summed E-state index contributed by atoms with van der Waals surface area (Å²) in [5.74, 6) is 0.123. The van der Waals surface area contributed by atoms with Crippen LogP contribution in [0.2, 0.25) is 5.15 Å². The molecule has 98 valence electrons. The first-order valence-corrected chi connectivity index (χ1v) is 6.46. The molecule has 1 aliphatic heterocycles. The van der Waals surface area contributed by atoms with Crippen LogP contribution in [0.4, 0.5) is 0 Å². The van der Waals surface area contributed by atoms with Crippen LogP contribution in [0.5, 0.6) is 0 Å². The van der Waals surface area contributed by atoms with E-state index in [4.69, 9.17) is 11.6 Å². The molecule has 0 radical (unpaired) electrons. The van der Waals surface area contributed by atoms with E-state index in [0.717, 1.165) is 31.6 Å². The van der Waals surface area contributed by atoms with Gasteiger partial charge in [-0.1, -0.05) is 11.6 Å². The third kappa shape index (κ3) is 2.82. The van der Waals surface area contributed by atoms with Gasteiger partial charge in [0.2, 0.25) is 5.91 Å². The molecule has 2 rings (SSSR count). The number of carbonyl (C=O) groups is 1. The van der Waals surface area contributed by atoms with Crippen molar-refractivity contribution in [2.24, 2.45) is 5.41 Å². The second kappa shape index (κ2) is 5.24. The molecule has 0 saturated carbocycles. The van der Waals surface area contributed by atoms with Gasteiger partial charge in [0.1, 0.15) is 5.15 Å². The highest BCUT2D eigenvalue weighted by Crippen LogP contribution is 2.31. The molecule has 1 aromatic heterocycles. The maximum Gasteiger partial charge on any atom is 0.227 e. The lowest BCUT2D eigenvalue weighted by molar-refractivity contribution is -0.129. The van der Waals surface area contributed by atoms with Crippen molar-refractivity contribution in [2.45, 2.75) is 19.9 Å². The molecule has 1 amide bonds. The average Bonchev–Trinajstić information content (AvgIpc) is 2.71. The Morgan fingerprint density at radius 3 is 3.11 bits per heavy atom. The fourth-order valence-corrected chi connectivity index (χ4v) is 2.67. The van der Waals surface area contributed by atoms with Crippen LogP contribution in [0, 0.1) is 5.41 Å². The third-order valence-corrected chi connectivity index (χ3v) is 3.73. The predicted molar refractivity (Wildman–Crippen MR) is 71.3 cm³/mol. The highest BCUT2D eigenvalue weighted by Gasteiger charge is 2.39. The first-order valence-electron chi connectivity index (χ1n) is 6.08. The molecular weight excluding hydrogens is 250 g/mol. The summed E-state index contributed by atoms with van der Waals surface area (Å²) >= 11 is 5.87. The maximum absolute atomic E-state index is 11.8. The second-order valence-electron chi connectivity index (χ2n) is 5.09. The van der Waals surface area contributed by atoms with Gasteiger partial charge < -0.3 is 5.32 Å². The maximum atomic E-state index is 11.8. The Kier molecular flexibility index (Phi) is 3.88. The summed E-state index contributed by atoms with van der Waals surface area (Å²) < 4.78 is 0. The van der Waals surface area contributed by atoms with Gasteiger partial charge in [-0.25, -0.2) is 4.98 Å². The van der Waals surface area contributed by atoms with Crippen molar-refractivity contribution in [2.75, 3.05) is 20.1 Å². The van der Waals surface area contributed by atoms with Crippen molar-refractivity contribution < 1.29 is 4.79 Å². The highest BCUT2D eigenvalue weighted by molar-refractivity contribution is 6.29. The van der Waals surface area contributed by atoms with E-state index in [9.17, 15) is 4.79 Å². The van der Waals surface area contributed by atoms with E-state index >= 15 is 0 Å². The molecule has 0 bridgehead atoms. The molecule has 1 aliphatic rings. The molecule has 1 atom stereocenters. The van der Waals surface area contributed by atoms with Gasteiger partial charge >= 0.3 is 0 Å². The Morgan fingerprint density at radius 1 is 1.67 bits per heavy atom. The van der Waals surface area contributed by atoms with E-state index in [1.54, 1.807) is 13.2 Å². The van der Waals surface area contributed by atoms with Gasteiger partial charge in [-0.2, -0.15) is 0 Å². The van der Waals surface area contributed by atoms with Crippen molar-refractivity contribution in [3.63, 3.8) is 0 Å². The minimum atomic E-state index is -0.272. The zero-order valence-corrected chi connectivity index (χ0v) is 11.5. The van der Waals surface area contributed by atoms with E-state index in [1.165, 1.54) is 0 Å². The number of rotatable bonds is 3. The lowest BCUT2D eigenvalue weighted by atomic mass is 9.89. The fraction of sp³-hybridized carbons (Fsp3) is 0.538. The van der Waals surface area contributed by atoms with Crippen LogP contribution in [-0.4, -0.2) is 35.9 Å². The number of aromatic nitrogens is 1. The highest BCUT2D eigenvalue weighted by atomic mass is 35.5. The number of hydrogen-bond donors (Lipinski definition) is 1. The van der Waals surface area contributed by atoms with E-state index in [2.05, 4.69) is 15.2 Å². The van der Waals surface area contributed by atoms with Crippen LogP contribution in [0.3, 0.4) is 0 Å². The molecule has 0 spiro atoms. The summed E-state index contributed by atoms with van der Waals surface area (Å²) in [6, 6.07) is 3.83. The van der Waals surface area contributed by atoms with Crippen molar-refractivity contribution in [1.82, 2.24) is 15.2 Å². The predicted octanol–water partition coefficient (Wildman–Crippen LogP) is 1.69. The summed E-state index contributed by atoms with van der Waals surface area (Å²) in [6.07, 6.45) is 2.61. The number of amides is 1. The Hall–Kier alpha value is -1.13. The summed E-state index contributed by atoms with van der Waals surface area (Å²) in [5, 5.41) is 3.26. The number of nitrogens with zero attached hydrogens (tertiary/aromatic N) is 2. The number of hydrogen-bond acceptors (Lipinski definition) is 3. The zero-order valence-electron chi connectivity index (χ0n) is 10.7. The normalized spacial score (nSPS) is 24.2. The number of likely N-dealkylation sites (tertiary alicyclic amines) is 1. The first kappa shape index (κ1) is 13.3. The summed E-state index contributed by atoms with van der Waals surface area (Å²) in [7, 11) is 1.69. The largest absolute Gasteiger partial charge is 0.359 e. The topological polar surface area (TPSA) is 45.2 Å². The standard InChI is InChI=1S/C13H18ClN3O/c1-13(12(18)15-2)4-6-17(9-13)8-10-3-5-16-11(14)7-10/h3,5,7H,4,6,8-9H2,1-2H3,(H,15,18). The van der Waals surface area contributed by atoms with E-state index in [0.29, 0.717) is 5.15 Å². The lowest BCUT2D eigenvalue weighted by Crippen LogP contribution is -2.39. The van der Waals surface area contributed by atoms with Crippen LogP contribution < -0.4 is 5.32 Å². The van der Waals surface area contributed by atoms with Gasteiger partial charge in [0, 0.05) is 26.3 Å². The van der Waals surface area contributed by atoms with Gasteiger partial charge in [-0.3, -0.25) is 9.69 Å². The fourth-order valence-electron chi connectivity index (χ4n) is 2.48. The van der Waals surface area contributed by atoms with Crippen LogP contribution >= 0.6 is 11.6 Å². The molecule has 4 nitrogen and oxygen atoms in total. The quantitative estimate of drug-likeness (QED) is 0.848. The van der Waals surface area contributed by atoms with E-state index < -0.39 is 0 Å². The van der Waals surface area contributed by atoms with E-state index in [1.807, 2.05) is 19.1 Å². The van der Waals surface area contributed by atoms with Crippen molar-refractivity contribution >= 4 is 17.5 Å². The Morgan fingerprint density at radius 2 is 2.44 bits per heavy atom. The van der Waals surface area contributed by atoms with Crippen LogP contribution in [-0.2, 0) is 11.3 Å². The van der Waals surface area contributed by atoms with Crippen molar-refractivity contribution in [3.05, 3.63) is 29.0 Å². The number of carbonyl (C=O) groups excluding carboxylic acids is 1. The molecule has 1 fully saturated rings. The molecular formula is C13H18ClN3O. The molecule has 0 aliphatic carbocycles. The second-order valence-corrected chi connectivity index (χ2v) is 5.47. The van der Waals surface area contributed by atoms with Gasteiger partial charge in [-0.15, -0.1) is 0 Å². The average molecular weight is 268 g/mol. The molecule has 18 heavy (non-hydrogen) atoms. The Balaban J connectivity index is 2.00. The molecule has 0 aromatic carbocycles. The molecule has 2 heterocycles. The van der Waals surface area contributed by atoms with Crippen LogP contribution in [0.1, 0.15) is 18.9 Å². The SMILES string of the molecule is CNC(=O)C1(C)CCN(Cc2ccnc(Cl)c2)C1. The monoisotopic (exact) mass is 267 g/mol. The van der Waals surface area contributed by atoms with Crippen molar-refractivity contribution in [3.8, 4) is 0 Å². The summed E-state index contributed by atoms with van der Waals surface area (Å²) in [5.41, 5.74) is 0.863. The summed E-state index contributed by atoms with van der Waals surface area (Å²) in [6.45, 7) is 4.55. The molecule has 1 unspecified atom stereocenters. The number of nitrogens with one attached hydrogen (secondary N) is 1. The molecule has 1 saturated heterocycles. The molecule has 1 N–H and O–H groups in total. The van der Waals surface area contributed by atoms with Gasteiger partial charge in [-0.05, 0) is 37.6 Å². The van der Waals surface area contributed by atoms with Crippen LogP contribution in [0.15, 0.2) is 18.3 Å². The van der Waals surface area contributed by atoms with Crippen LogP contribution in [0.25, 0.3) is 0 Å². The number of pyridine rings is 1. The minimum absolute atomic E-state index is 0.123. The minimum Gasteiger partial charge on any atom is -0.359 e. The van der Waals surface area contributed by atoms with Gasteiger partial charge in [0.15, 0.2) is 0 Å². The van der Waals surface area contributed by atoms with Crippen molar-refractivity contribution in [1.29, 1.82) is 0 Å². The molecule has 5 heteroatoms. The third-order valence-electron chi connectivity index (χ3n) is 3.52. The van der Waals surface area contributed by atoms with E-state index in [-0.39, 0.29) is 11.3 Å². The lowest BCUT2D eigenvalue weighted by Gasteiger charge is -2.22. The Labute approximate surface area is 112 Å².